The van der Waals surface area contributed by atoms with Crippen LogP contribution in [0.25, 0.3) is 23.4 Å². The van der Waals surface area contributed by atoms with Gasteiger partial charge >= 0.3 is 0 Å². The van der Waals surface area contributed by atoms with Crippen molar-refractivity contribution in [2.24, 2.45) is 0 Å². The van der Waals surface area contributed by atoms with Gasteiger partial charge in [-0.2, -0.15) is 5.26 Å². The number of benzene rings is 3. The highest BCUT2D eigenvalue weighted by Crippen LogP contribution is 2.08. The molecule has 0 spiro atoms. The zero-order chi connectivity index (χ0) is 23.0. The number of hydrogen-bond donors (Lipinski definition) is 1. The van der Waals surface area contributed by atoms with Gasteiger partial charge in [-0.25, -0.2) is 0 Å². The van der Waals surface area contributed by atoms with Gasteiger partial charge in [-0.15, -0.1) is 11.3 Å². The molecular weight excluding hydrogens is 430 g/mol. The predicted molar refractivity (Wildman–Crippen MR) is 133 cm³/mol. The number of anilines is 1. The summed E-state index contributed by atoms with van der Waals surface area (Å²) in [5.74, 6) is -0.569. The molecular formula is C27H19N3O2S. The molecule has 0 saturated carbocycles. The van der Waals surface area contributed by atoms with Gasteiger partial charge < -0.3 is 5.32 Å². The fourth-order valence-electron chi connectivity index (χ4n) is 3.20. The van der Waals surface area contributed by atoms with E-state index in [0.717, 1.165) is 16.9 Å². The van der Waals surface area contributed by atoms with E-state index in [9.17, 15) is 14.9 Å². The minimum Gasteiger partial charge on any atom is -0.321 e. The van der Waals surface area contributed by atoms with E-state index in [4.69, 9.17) is 0 Å². The lowest BCUT2D eigenvalue weighted by molar-refractivity contribution is -0.111. The molecule has 0 atom stereocenters. The maximum Gasteiger partial charge on any atom is 0.273 e. The minimum atomic E-state index is -0.569. The summed E-state index contributed by atoms with van der Waals surface area (Å²) in [4.78, 5) is 26.2. The second kappa shape index (κ2) is 10.2. The zero-order valence-corrected chi connectivity index (χ0v) is 18.3. The molecule has 0 aliphatic rings. The average molecular weight is 450 g/mol. The molecule has 5 nitrogen and oxygen atoms in total. The number of hydrogen-bond acceptors (Lipinski definition) is 4. The van der Waals surface area contributed by atoms with Gasteiger partial charge in [-0.05, 0) is 35.9 Å². The number of carbonyl (C=O) groups excluding carboxylic acids is 1. The highest BCUT2D eigenvalue weighted by molar-refractivity contribution is 7.07. The number of nitrogens with one attached hydrogen (secondary N) is 1. The summed E-state index contributed by atoms with van der Waals surface area (Å²) in [6.07, 6.45) is 5.38. The molecule has 0 saturated heterocycles. The average Bonchev–Trinajstić information content (AvgIpc) is 3.17. The summed E-state index contributed by atoms with van der Waals surface area (Å²) in [6, 6.07) is 29.6. The topological polar surface area (TPSA) is 74.9 Å². The fourth-order valence-corrected chi connectivity index (χ4v) is 4.25. The van der Waals surface area contributed by atoms with Crippen molar-refractivity contribution in [1.29, 1.82) is 5.26 Å². The molecule has 1 amide bonds. The van der Waals surface area contributed by atoms with Crippen LogP contribution in [-0.4, -0.2) is 10.5 Å². The van der Waals surface area contributed by atoms with Gasteiger partial charge in [0.15, 0.2) is 5.57 Å². The predicted octanol–water partition coefficient (Wildman–Crippen LogP) is 3.71. The molecule has 4 rings (SSSR count). The zero-order valence-electron chi connectivity index (χ0n) is 17.5. The number of para-hydroxylation sites is 2. The van der Waals surface area contributed by atoms with Crippen molar-refractivity contribution in [3.63, 3.8) is 0 Å². The Kier molecular flexibility index (Phi) is 6.74. The lowest BCUT2D eigenvalue weighted by Gasteiger charge is -2.05. The van der Waals surface area contributed by atoms with Crippen molar-refractivity contribution in [2.75, 3.05) is 5.32 Å². The van der Waals surface area contributed by atoms with Crippen LogP contribution in [0.5, 0.6) is 0 Å². The third kappa shape index (κ3) is 5.06. The van der Waals surface area contributed by atoms with Gasteiger partial charge in [-0.3, -0.25) is 14.2 Å². The van der Waals surface area contributed by atoms with E-state index >= 15 is 0 Å². The van der Waals surface area contributed by atoms with Gasteiger partial charge in [0.1, 0.15) is 10.7 Å². The molecule has 4 aromatic rings. The molecule has 0 aliphatic heterocycles. The molecule has 6 heteroatoms. The maximum absolute atomic E-state index is 13.3. The van der Waals surface area contributed by atoms with Gasteiger partial charge in [0.05, 0.1) is 10.2 Å². The molecule has 0 aliphatic carbocycles. The molecule has 0 unspecified atom stereocenters. The lowest BCUT2D eigenvalue weighted by atomic mass is 10.2. The Labute approximate surface area is 194 Å². The first-order valence-corrected chi connectivity index (χ1v) is 11.0. The van der Waals surface area contributed by atoms with Crippen LogP contribution in [0, 0.1) is 11.3 Å². The van der Waals surface area contributed by atoms with Gasteiger partial charge in [0, 0.05) is 5.69 Å². The highest BCUT2D eigenvalue weighted by atomic mass is 32.1. The number of rotatable bonds is 5. The van der Waals surface area contributed by atoms with E-state index in [2.05, 4.69) is 5.32 Å². The molecule has 1 heterocycles. The number of nitrogens with zero attached hydrogens (tertiary/aromatic N) is 2. The molecule has 0 fully saturated rings. The summed E-state index contributed by atoms with van der Waals surface area (Å²) in [5, 5.41) is 12.6. The van der Waals surface area contributed by atoms with Crippen LogP contribution in [0.15, 0.2) is 102 Å². The minimum absolute atomic E-state index is 0.128. The Hall–Kier alpha value is -4.47. The first-order valence-electron chi connectivity index (χ1n) is 10.2. The van der Waals surface area contributed by atoms with Crippen molar-refractivity contribution in [3.8, 4) is 11.8 Å². The smallest absolute Gasteiger partial charge is 0.273 e. The molecule has 1 aromatic heterocycles. The Balaban J connectivity index is 1.87. The van der Waals surface area contributed by atoms with E-state index in [1.54, 1.807) is 60.7 Å². The number of allylic oxidation sites excluding steroid dienone is 1. The van der Waals surface area contributed by atoms with Crippen LogP contribution in [-0.2, 0) is 4.79 Å². The molecule has 0 radical (unpaired) electrons. The highest BCUT2D eigenvalue weighted by Gasteiger charge is 2.17. The summed E-state index contributed by atoms with van der Waals surface area (Å²) in [6.45, 7) is 0. The SMILES string of the molecule is N#CC(C(=O)Nc1ccccc1)=c1sc(=CC=Cc2ccccc2)c(=O)n1-c1ccccc1. The Morgan fingerprint density at radius 3 is 2.15 bits per heavy atom. The number of nitriles is 1. The molecule has 0 bridgehead atoms. The third-order valence-corrected chi connectivity index (χ3v) is 5.87. The van der Waals surface area contributed by atoms with Crippen molar-refractivity contribution in [3.05, 3.63) is 122 Å². The maximum atomic E-state index is 13.3. The quantitative estimate of drug-likeness (QED) is 0.505. The Bertz CT molecular complexity index is 1510. The number of carbonyl (C=O) groups is 1. The first-order chi connectivity index (χ1) is 16.2. The summed E-state index contributed by atoms with van der Waals surface area (Å²) >= 11 is 1.11. The largest absolute Gasteiger partial charge is 0.321 e. The van der Waals surface area contributed by atoms with Crippen molar-refractivity contribution in [2.45, 2.75) is 0 Å². The van der Waals surface area contributed by atoms with E-state index in [0.29, 0.717) is 15.9 Å². The van der Waals surface area contributed by atoms with Crippen LogP contribution in [0.1, 0.15) is 5.56 Å². The fraction of sp³-hybridized carbons (Fsp3) is 0. The third-order valence-electron chi connectivity index (χ3n) is 4.76. The number of thiazole rings is 1. The van der Waals surface area contributed by atoms with Crippen LogP contribution in [0.3, 0.4) is 0 Å². The van der Waals surface area contributed by atoms with Crippen LogP contribution in [0.2, 0.25) is 0 Å². The molecule has 1 N–H and O–H groups in total. The van der Waals surface area contributed by atoms with Crippen molar-refractivity contribution in [1.82, 2.24) is 4.57 Å². The van der Waals surface area contributed by atoms with E-state index < -0.39 is 5.91 Å². The monoisotopic (exact) mass is 449 g/mol. The molecule has 160 valence electrons. The van der Waals surface area contributed by atoms with Crippen LogP contribution < -0.4 is 20.1 Å². The number of aromatic nitrogens is 1. The Morgan fingerprint density at radius 2 is 1.52 bits per heavy atom. The van der Waals surface area contributed by atoms with Gasteiger partial charge in [-0.1, -0.05) is 78.9 Å². The van der Waals surface area contributed by atoms with Crippen molar-refractivity contribution >= 4 is 40.7 Å². The normalized spacial score (nSPS) is 12.4. The van der Waals surface area contributed by atoms with Gasteiger partial charge in [0.2, 0.25) is 0 Å². The van der Waals surface area contributed by atoms with Crippen LogP contribution in [0.4, 0.5) is 5.69 Å². The van der Waals surface area contributed by atoms with E-state index in [1.165, 1.54) is 4.57 Å². The van der Waals surface area contributed by atoms with E-state index in [-0.39, 0.29) is 15.8 Å². The Morgan fingerprint density at radius 1 is 0.909 bits per heavy atom. The summed E-state index contributed by atoms with van der Waals surface area (Å²) < 4.78 is 2.11. The number of amides is 1. The summed E-state index contributed by atoms with van der Waals surface area (Å²) in [5.41, 5.74) is 1.73. The summed E-state index contributed by atoms with van der Waals surface area (Å²) in [7, 11) is 0. The van der Waals surface area contributed by atoms with Crippen LogP contribution >= 0.6 is 11.3 Å². The lowest BCUT2D eigenvalue weighted by Crippen LogP contribution is -2.32. The second-order valence-corrected chi connectivity index (χ2v) is 8.02. The van der Waals surface area contributed by atoms with Gasteiger partial charge in [0.25, 0.3) is 11.5 Å². The molecule has 3 aromatic carbocycles. The van der Waals surface area contributed by atoms with E-state index in [1.807, 2.05) is 54.6 Å². The first kappa shape index (κ1) is 21.8. The standard InChI is InChI=1S/C27H19N3O2S/c28-19-23(25(31)29-21-14-6-2-7-15-21)27-30(22-16-8-3-9-17-22)26(32)24(33-27)18-10-13-20-11-4-1-5-12-20/h1-18H,(H,29,31). The second-order valence-electron chi connectivity index (χ2n) is 6.99. The molecule has 33 heavy (non-hydrogen) atoms. The van der Waals surface area contributed by atoms with Crippen molar-refractivity contribution < 1.29 is 4.79 Å².